The fraction of sp³-hybridized carbons (Fsp3) is 0.459. The number of ether oxygens (including phenoxy) is 2. The number of fused-ring (bicyclic) bond motifs is 1. The van der Waals surface area contributed by atoms with E-state index in [1.54, 1.807) is 62.8 Å². The maximum absolute atomic E-state index is 14.3. The lowest BCUT2D eigenvalue weighted by Crippen LogP contribution is -2.56. The van der Waals surface area contributed by atoms with Gasteiger partial charge in [-0.05, 0) is 56.5 Å². The molecule has 0 fully saturated rings. The van der Waals surface area contributed by atoms with Crippen LogP contribution in [0.1, 0.15) is 45.7 Å². The summed E-state index contributed by atoms with van der Waals surface area (Å²) in [5.74, 6) is -0.993. The third-order valence-corrected chi connectivity index (χ3v) is 7.73. The first-order chi connectivity index (χ1) is 22.0. The van der Waals surface area contributed by atoms with Gasteiger partial charge in [0, 0.05) is 41.0 Å². The summed E-state index contributed by atoms with van der Waals surface area (Å²) in [5, 5.41) is 4.85. The number of carbonyl (C=O) groups excluding carboxylic acids is 4. The molecule has 0 bridgehead atoms. The predicted molar refractivity (Wildman–Crippen MR) is 184 cm³/mol. The first-order valence-corrected chi connectivity index (χ1v) is 15.8. The van der Waals surface area contributed by atoms with Crippen molar-refractivity contribution in [3.05, 3.63) is 83.9 Å². The highest BCUT2D eigenvalue weighted by molar-refractivity contribution is 5.92. The molecule has 47 heavy (non-hydrogen) atoms. The van der Waals surface area contributed by atoms with Gasteiger partial charge in [-0.3, -0.25) is 14.4 Å². The fourth-order valence-electron chi connectivity index (χ4n) is 5.18. The zero-order valence-electron chi connectivity index (χ0n) is 29.2. The van der Waals surface area contributed by atoms with Gasteiger partial charge in [0.25, 0.3) is 0 Å². The second-order valence-electron chi connectivity index (χ2n) is 13.8. The van der Waals surface area contributed by atoms with Crippen molar-refractivity contribution in [2.24, 2.45) is 0 Å². The summed E-state index contributed by atoms with van der Waals surface area (Å²) in [6, 6.07) is 21.7. The number of likely N-dealkylation sites (N-methyl/N-ethyl adjacent to an activating group) is 3. The fourth-order valence-corrected chi connectivity index (χ4v) is 5.18. The van der Waals surface area contributed by atoms with Crippen LogP contribution in [0.4, 0.5) is 4.79 Å². The Morgan fingerprint density at radius 1 is 0.702 bits per heavy atom. The average Bonchev–Trinajstić information content (AvgIpc) is 3.00. The molecule has 10 nitrogen and oxygen atoms in total. The van der Waals surface area contributed by atoms with Crippen LogP contribution in [0.25, 0.3) is 10.8 Å². The van der Waals surface area contributed by atoms with Crippen LogP contribution in [-0.2, 0) is 36.7 Å². The van der Waals surface area contributed by atoms with Crippen molar-refractivity contribution in [1.29, 1.82) is 0 Å². The Morgan fingerprint density at radius 2 is 1.28 bits per heavy atom. The third kappa shape index (κ3) is 11.1. The van der Waals surface area contributed by atoms with Crippen molar-refractivity contribution in [1.82, 2.24) is 20.0 Å². The molecule has 0 saturated heterocycles. The molecule has 0 radical (unpaired) electrons. The Bertz CT molecular complexity index is 1530. The minimum atomic E-state index is -0.918. The van der Waals surface area contributed by atoms with Crippen LogP contribution in [-0.4, -0.2) is 103 Å². The largest absolute Gasteiger partial charge is 0.444 e. The van der Waals surface area contributed by atoms with Gasteiger partial charge in [0.05, 0.1) is 12.1 Å². The molecule has 1 N–H and O–H groups in total. The molecule has 0 aromatic heterocycles. The number of benzene rings is 3. The van der Waals surface area contributed by atoms with E-state index in [4.69, 9.17) is 9.47 Å². The second-order valence-corrected chi connectivity index (χ2v) is 13.8. The number of rotatable bonds is 13. The van der Waals surface area contributed by atoms with Gasteiger partial charge in [-0.15, -0.1) is 0 Å². The molecule has 3 aromatic rings. The molecule has 0 aliphatic heterocycles. The Balaban J connectivity index is 1.84. The smallest absolute Gasteiger partial charge is 0.408 e. The molecule has 3 rings (SSSR count). The number of nitrogens with one attached hydrogen (secondary N) is 1. The van der Waals surface area contributed by atoms with Gasteiger partial charge in [0.1, 0.15) is 24.3 Å². The van der Waals surface area contributed by atoms with Gasteiger partial charge in [-0.1, -0.05) is 72.8 Å². The number of hydrogen-bond acceptors (Lipinski definition) is 6. The van der Waals surface area contributed by atoms with Crippen LogP contribution in [0.15, 0.2) is 72.8 Å². The molecule has 0 unspecified atom stereocenters. The van der Waals surface area contributed by atoms with Gasteiger partial charge in [0.15, 0.2) is 0 Å². The Labute approximate surface area is 279 Å². The van der Waals surface area contributed by atoms with Crippen molar-refractivity contribution in [2.75, 3.05) is 41.4 Å². The van der Waals surface area contributed by atoms with Crippen molar-refractivity contribution in [3.63, 3.8) is 0 Å². The van der Waals surface area contributed by atoms with Crippen LogP contribution >= 0.6 is 0 Å². The summed E-state index contributed by atoms with van der Waals surface area (Å²) < 4.78 is 11.1. The molecule has 0 spiro atoms. The standard InChI is InChI=1S/C37H50N4O6/c1-36(2,3)47-35(45)38-37(4,5)25-46-24-32(42)40(8)31(23-27-19-20-28-17-13-14-18-29(28)21-27)34(44)41(9)30(33(43)39(6)7)22-26-15-11-10-12-16-26/h10-21,30-31H,22-25H2,1-9H3,(H,38,45)/t30-,31-/m1/s1. The Morgan fingerprint density at radius 3 is 1.89 bits per heavy atom. The monoisotopic (exact) mass is 646 g/mol. The molecular formula is C37H50N4O6. The average molecular weight is 647 g/mol. The van der Waals surface area contributed by atoms with E-state index in [9.17, 15) is 19.2 Å². The topological polar surface area (TPSA) is 108 Å². The summed E-state index contributed by atoms with van der Waals surface area (Å²) in [5.41, 5.74) is 0.312. The highest BCUT2D eigenvalue weighted by Gasteiger charge is 2.36. The number of nitrogens with zero attached hydrogens (tertiary/aromatic N) is 3. The summed E-state index contributed by atoms with van der Waals surface area (Å²) in [6.07, 6.45) is -0.0321. The summed E-state index contributed by atoms with van der Waals surface area (Å²) in [6.45, 7) is 8.58. The highest BCUT2D eigenvalue weighted by Crippen LogP contribution is 2.20. The molecule has 254 valence electrons. The molecule has 3 aromatic carbocycles. The van der Waals surface area contributed by atoms with E-state index in [0.29, 0.717) is 6.42 Å². The lowest BCUT2D eigenvalue weighted by atomic mass is 9.98. The zero-order valence-corrected chi connectivity index (χ0v) is 29.2. The number of amides is 4. The quantitative estimate of drug-likeness (QED) is 0.289. The maximum atomic E-state index is 14.3. The Hall–Kier alpha value is -4.44. The summed E-state index contributed by atoms with van der Waals surface area (Å²) >= 11 is 0. The van der Waals surface area contributed by atoms with Gasteiger partial charge < -0.3 is 29.5 Å². The van der Waals surface area contributed by atoms with E-state index in [-0.39, 0.29) is 31.4 Å². The Kier molecular flexibility index (Phi) is 12.5. The van der Waals surface area contributed by atoms with Crippen LogP contribution in [0, 0.1) is 0 Å². The lowest BCUT2D eigenvalue weighted by Gasteiger charge is -2.35. The molecule has 0 aliphatic carbocycles. The van der Waals surface area contributed by atoms with Crippen LogP contribution in [0.5, 0.6) is 0 Å². The van der Waals surface area contributed by atoms with Crippen LogP contribution in [0.2, 0.25) is 0 Å². The minimum Gasteiger partial charge on any atom is -0.444 e. The zero-order chi connectivity index (χ0) is 34.9. The van der Waals surface area contributed by atoms with Crippen molar-refractivity contribution in [2.45, 2.75) is 70.7 Å². The van der Waals surface area contributed by atoms with E-state index < -0.39 is 35.2 Å². The highest BCUT2D eigenvalue weighted by atomic mass is 16.6. The van der Waals surface area contributed by atoms with E-state index in [2.05, 4.69) is 5.32 Å². The van der Waals surface area contributed by atoms with Crippen molar-refractivity contribution < 1.29 is 28.7 Å². The minimum absolute atomic E-state index is 0.0332. The van der Waals surface area contributed by atoms with Gasteiger partial charge >= 0.3 is 6.09 Å². The molecule has 0 aliphatic rings. The molecule has 2 atom stereocenters. The van der Waals surface area contributed by atoms with Crippen LogP contribution in [0.3, 0.4) is 0 Å². The maximum Gasteiger partial charge on any atom is 0.408 e. The summed E-state index contributed by atoms with van der Waals surface area (Å²) in [7, 11) is 6.52. The first-order valence-electron chi connectivity index (χ1n) is 15.8. The number of hydrogen-bond donors (Lipinski definition) is 1. The van der Waals surface area contributed by atoms with Crippen molar-refractivity contribution in [3.8, 4) is 0 Å². The molecule has 0 heterocycles. The molecular weight excluding hydrogens is 596 g/mol. The van der Waals surface area contributed by atoms with Crippen LogP contribution < -0.4 is 5.32 Å². The van der Waals surface area contributed by atoms with E-state index in [1.165, 1.54) is 14.7 Å². The number of alkyl carbamates (subject to hydrolysis) is 1. The van der Waals surface area contributed by atoms with E-state index in [1.807, 2.05) is 72.8 Å². The van der Waals surface area contributed by atoms with Crippen molar-refractivity contribution >= 4 is 34.6 Å². The molecule has 0 saturated carbocycles. The van der Waals surface area contributed by atoms with Gasteiger partial charge in [-0.25, -0.2) is 4.79 Å². The third-order valence-electron chi connectivity index (χ3n) is 7.73. The molecule has 10 heteroatoms. The molecule has 4 amide bonds. The van der Waals surface area contributed by atoms with E-state index in [0.717, 1.165) is 21.9 Å². The van der Waals surface area contributed by atoms with E-state index >= 15 is 0 Å². The predicted octanol–water partition coefficient (Wildman–Crippen LogP) is 4.69. The first kappa shape index (κ1) is 37.0. The summed E-state index contributed by atoms with van der Waals surface area (Å²) in [4.78, 5) is 57.9. The SMILES string of the molecule is CN(C)C(=O)[C@@H](Cc1ccccc1)N(C)C(=O)[C@@H](Cc1ccc2ccccc2c1)N(C)C(=O)COCC(C)(C)NC(=O)OC(C)(C)C. The lowest BCUT2D eigenvalue weighted by molar-refractivity contribution is -0.150. The normalized spacial score (nSPS) is 13.0. The number of carbonyl (C=O) groups is 4. The van der Waals surface area contributed by atoms with Gasteiger partial charge in [-0.2, -0.15) is 0 Å². The second kappa shape index (κ2) is 15.9. The van der Waals surface area contributed by atoms with Gasteiger partial charge in [0.2, 0.25) is 17.7 Å².